The van der Waals surface area contributed by atoms with Crippen molar-refractivity contribution in [2.45, 2.75) is 50.6 Å². The lowest BCUT2D eigenvalue weighted by Crippen LogP contribution is -2.38. The molecule has 88 valence electrons. The Morgan fingerprint density at radius 3 is 2.47 bits per heavy atom. The first-order chi connectivity index (χ1) is 7.20. The molecule has 1 aliphatic heterocycles. The van der Waals surface area contributed by atoms with Gasteiger partial charge in [-0.1, -0.05) is 0 Å². The Labute approximate surface area is 90.5 Å². The molecule has 1 aliphatic carbocycles. The summed E-state index contributed by atoms with van der Waals surface area (Å²) in [6, 6.07) is 0. The molecule has 15 heavy (non-hydrogen) atoms. The molecule has 1 unspecified atom stereocenters. The molecule has 1 atom stereocenters. The van der Waals surface area contributed by atoms with E-state index in [1.54, 1.807) is 6.92 Å². The van der Waals surface area contributed by atoms with Crippen LogP contribution in [0.1, 0.15) is 32.6 Å². The van der Waals surface area contributed by atoms with Crippen LogP contribution in [0.3, 0.4) is 0 Å². The molecule has 1 N–H and O–H groups in total. The van der Waals surface area contributed by atoms with Gasteiger partial charge in [0.05, 0.1) is 32.0 Å². The molecule has 1 saturated heterocycles. The summed E-state index contributed by atoms with van der Waals surface area (Å²) in [5.41, 5.74) is 0. The molecule has 0 radical (unpaired) electrons. The molecule has 4 heteroatoms. The largest absolute Gasteiger partial charge is 0.391 e. The Bertz CT molecular complexity index is 189. The third-order valence-electron chi connectivity index (χ3n) is 3.08. The maximum atomic E-state index is 9.11. The maximum absolute atomic E-state index is 9.11. The molecule has 0 bridgehead atoms. The van der Waals surface area contributed by atoms with E-state index < -0.39 is 0 Å². The van der Waals surface area contributed by atoms with Crippen molar-refractivity contribution in [1.82, 2.24) is 0 Å². The number of hydrogen-bond acceptors (Lipinski definition) is 4. The molecule has 0 aromatic heterocycles. The van der Waals surface area contributed by atoms with Crippen LogP contribution < -0.4 is 0 Å². The van der Waals surface area contributed by atoms with E-state index in [0.29, 0.717) is 6.61 Å². The highest BCUT2D eigenvalue weighted by Gasteiger charge is 2.40. The first kappa shape index (κ1) is 11.3. The molecule has 1 saturated carbocycles. The zero-order valence-corrected chi connectivity index (χ0v) is 9.28. The lowest BCUT2D eigenvalue weighted by molar-refractivity contribution is -0.193. The Morgan fingerprint density at radius 2 is 1.93 bits per heavy atom. The normalized spacial score (nSPS) is 28.4. The first-order valence-corrected chi connectivity index (χ1v) is 5.78. The van der Waals surface area contributed by atoms with Crippen LogP contribution in [0.2, 0.25) is 0 Å². The van der Waals surface area contributed by atoms with Gasteiger partial charge in [-0.2, -0.15) is 0 Å². The predicted molar refractivity (Wildman–Crippen MR) is 54.5 cm³/mol. The van der Waals surface area contributed by atoms with E-state index in [9.17, 15) is 0 Å². The van der Waals surface area contributed by atoms with E-state index in [2.05, 4.69) is 0 Å². The first-order valence-electron chi connectivity index (χ1n) is 5.78. The number of aliphatic hydroxyl groups excluding tert-OH is 1. The second-order valence-corrected chi connectivity index (χ2v) is 4.49. The molecule has 0 amide bonds. The van der Waals surface area contributed by atoms with Gasteiger partial charge in [0.1, 0.15) is 0 Å². The molecule has 2 fully saturated rings. The minimum Gasteiger partial charge on any atom is -0.391 e. The van der Waals surface area contributed by atoms with Crippen molar-refractivity contribution >= 4 is 0 Å². The van der Waals surface area contributed by atoms with Crippen LogP contribution in [0.15, 0.2) is 0 Å². The molecule has 1 heterocycles. The number of ether oxygens (including phenoxy) is 3. The van der Waals surface area contributed by atoms with Crippen molar-refractivity contribution in [3.8, 4) is 0 Å². The quantitative estimate of drug-likeness (QED) is 0.766. The summed E-state index contributed by atoms with van der Waals surface area (Å²) in [6.45, 7) is 3.62. The second-order valence-electron chi connectivity index (χ2n) is 4.49. The Balaban J connectivity index is 1.72. The summed E-state index contributed by atoms with van der Waals surface area (Å²) in [5.74, 6) is -0.301. The maximum Gasteiger partial charge on any atom is 0.168 e. The Hall–Kier alpha value is -0.160. The highest BCUT2D eigenvalue weighted by molar-refractivity contribution is 4.82. The SMILES string of the molecule is CC(O)COC1CCC2(CC1)OCCO2. The van der Waals surface area contributed by atoms with Crippen molar-refractivity contribution in [3.05, 3.63) is 0 Å². The molecule has 1 spiro atoms. The van der Waals surface area contributed by atoms with Gasteiger partial charge in [0, 0.05) is 12.8 Å². The van der Waals surface area contributed by atoms with Crippen molar-refractivity contribution < 1.29 is 19.3 Å². The zero-order chi connectivity index (χ0) is 10.7. The number of aliphatic hydroxyl groups is 1. The van der Waals surface area contributed by atoms with Crippen molar-refractivity contribution in [2.75, 3.05) is 19.8 Å². The molecule has 2 aliphatic rings. The van der Waals surface area contributed by atoms with Crippen LogP contribution in [0.5, 0.6) is 0 Å². The smallest absolute Gasteiger partial charge is 0.168 e. The van der Waals surface area contributed by atoms with Gasteiger partial charge in [0.25, 0.3) is 0 Å². The van der Waals surface area contributed by atoms with Gasteiger partial charge < -0.3 is 19.3 Å². The minimum absolute atomic E-state index is 0.262. The lowest BCUT2D eigenvalue weighted by atomic mass is 9.92. The lowest BCUT2D eigenvalue weighted by Gasteiger charge is -2.35. The third-order valence-corrected chi connectivity index (χ3v) is 3.08. The van der Waals surface area contributed by atoms with Gasteiger partial charge in [-0.25, -0.2) is 0 Å². The highest BCUT2D eigenvalue weighted by atomic mass is 16.7. The van der Waals surface area contributed by atoms with Gasteiger partial charge in [-0.15, -0.1) is 0 Å². The van der Waals surface area contributed by atoms with Gasteiger partial charge in [0.2, 0.25) is 0 Å². The summed E-state index contributed by atoms with van der Waals surface area (Å²) < 4.78 is 16.8. The van der Waals surface area contributed by atoms with Gasteiger partial charge in [-0.05, 0) is 19.8 Å². The van der Waals surface area contributed by atoms with Crippen LogP contribution in [0.4, 0.5) is 0 Å². The minimum atomic E-state index is -0.375. The summed E-state index contributed by atoms with van der Waals surface area (Å²) in [6.07, 6.45) is 3.65. The molecule has 2 rings (SSSR count). The van der Waals surface area contributed by atoms with Gasteiger partial charge in [0.15, 0.2) is 5.79 Å². The molecule has 0 aromatic carbocycles. The van der Waals surface area contributed by atoms with E-state index in [-0.39, 0.29) is 18.0 Å². The fourth-order valence-electron chi connectivity index (χ4n) is 2.26. The molecular weight excluding hydrogens is 196 g/mol. The molecule has 4 nitrogen and oxygen atoms in total. The fourth-order valence-corrected chi connectivity index (χ4v) is 2.26. The van der Waals surface area contributed by atoms with E-state index in [0.717, 1.165) is 38.9 Å². The topological polar surface area (TPSA) is 47.9 Å². The standard InChI is InChI=1S/C11H20O4/c1-9(12)8-13-10-2-4-11(5-3-10)14-6-7-15-11/h9-10,12H,2-8H2,1H3. The fraction of sp³-hybridized carbons (Fsp3) is 1.00. The van der Waals surface area contributed by atoms with Crippen molar-refractivity contribution in [3.63, 3.8) is 0 Å². The van der Waals surface area contributed by atoms with Crippen molar-refractivity contribution in [2.24, 2.45) is 0 Å². The summed E-state index contributed by atoms with van der Waals surface area (Å²) >= 11 is 0. The van der Waals surface area contributed by atoms with Gasteiger partial charge in [-0.3, -0.25) is 0 Å². The summed E-state index contributed by atoms with van der Waals surface area (Å²) in [7, 11) is 0. The van der Waals surface area contributed by atoms with Crippen LogP contribution in [-0.4, -0.2) is 42.9 Å². The summed E-state index contributed by atoms with van der Waals surface area (Å²) in [5, 5.41) is 9.11. The van der Waals surface area contributed by atoms with Crippen LogP contribution in [0.25, 0.3) is 0 Å². The van der Waals surface area contributed by atoms with E-state index in [1.807, 2.05) is 0 Å². The number of hydrogen-bond donors (Lipinski definition) is 1. The van der Waals surface area contributed by atoms with Crippen molar-refractivity contribution in [1.29, 1.82) is 0 Å². The highest BCUT2D eigenvalue weighted by Crippen LogP contribution is 2.36. The zero-order valence-electron chi connectivity index (χ0n) is 9.28. The number of rotatable bonds is 3. The van der Waals surface area contributed by atoms with E-state index in [1.165, 1.54) is 0 Å². The average molecular weight is 216 g/mol. The summed E-state index contributed by atoms with van der Waals surface area (Å²) in [4.78, 5) is 0. The second kappa shape index (κ2) is 4.78. The third kappa shape index (κ3) is 2.91. The van der Waals surface area contributed by atoms with E-state index in [4.69, 9.17) is 19.3 Å². The van der Waals surface area contributed by atoms with E-state index >= 15 is 0 Å². The monoisotopic (exact) mass is 216 g/mol. The Kier molecular flexibility index (Phi) is 3.61. The van der Waals surface area contributed by atoms with Crippen LogP contribution >= 0.6 is 0 Å². The molecule has 0 aromatic rings. The molecular formula is C11H20O4. The van der Waals surface area contributed by atoms with Gasteiger partial charge >= 0.3 is 0 Å². The average Bonchev–Trinajstić information content (AvgIpc) is 2.66. The van der Waals surface area contributed by atoms with Crippen LogP contribution in [-0.2, 0) is 14.2 Å². The Morgan fingerprint density at radius 1 is 1.33 bits per heavy atom. The predicted octanol–water partition coefficient (Wildman–Crippen LogP) is 1.07. The van der Waals surface area contributed by atoms with Crippen LogP contribution in [0, 0.1) is 0 Å².